The van der Waals surface area contributed by atoms with Gasteiger partial charge in [-0.25, -0.2) is 4.98 Å². The van der Waals surface area contributed by atoms with E-state index in [4.69, 9.17) is 4.42 Å². The molecule has 70 valence electrons. The van der Waals surface area contributed by atoms with Gasteiger partial charge < -0.3 is 9.73 Å². The Balaban J connectivity index is 2.14. The van der Waals surface area contributed by atoms with Gasteiger partial charge in [0.2, 0.25) is 0 Å². The van der Waals surface area contributed by atoms with Crippen LogP contribution in [0.3, 0.4) is 0 Å². The SMILES string of the molecule is c1ccc2oc(C3=NCCN3)nc2c1. The molecule has 4 heteroatoms. The van der Waals surface area contributed by atoms with Gasteiger partial charge >= 0.3 is 0 Å². The highest BCUT2D eigenvalue weighted by molar-refractivity contribution is 5.97. The smallest absolute Gasteiger partial charge is 0.263 e. The molecule has 1 aromatic heterocycles. The lowest BCUT2D eigenvalue weighted by Crippen LogP contribution is -2.19. The maximum atomic E-state index is 5.55. The Labute approximate surface area is 80.7 Å². The van der Waals surface area contributed by atoms with Crippen molar-refractivity contribution in [3.8, 4) is 0 Å². The minimum Gasteiger partial charge on any atom is -0.434 e. The lowest BCUT2D eigenvalue weighted by molar-refractivity contribution is 0.587. The van der Waals surface area contributed by atoms with Crippen molar-refractivity contribution < 1.29 is 4.42 Å². The van der Waals surface area contributed by atoms with Crippen molar-refractivity contribution in [1.29, 1.82) is 0 Å². The molecule has 1 aromatic carbocycles. The molecule has 1 aliphatic rings. The molecule has 3 rings (SSSR count). The van der Waals surface area contributed by atoms with Crippen LogP contribution in [0.5, 0.6) is 0 Å². The fourth-order valence-electron chi connectivity index (χ4n) is 1.51. The van der Waals surface area contributed by atoms with Crippen LogP contribution in [0.4, 0.5) is 0 Å². The van der Waals surface area contributed by atoms with Gasteiger partial charge in [-0.1, -0.05) is 12.1 Å². The zero-order valence-electron chi connectivity index (χ0n) is 7.53. The Morgan fingerprint density at radius 2 is 2.21 bits per heavy atom. The number of hydrogen-bond acceptors (Lipinski definition) is 4. The van der Waals surface area contributed by atoms with Gasteiger partial charge in [-0.05, 0) is 12.1 Å². The molecule has 0 saturated carbocycles. The predicted octanol–water partition coefficient (Wildman–Crippen LogP) is 1.18. The summed E-state index contributed by atoms with van der Waals surface area (Å²) in [6.07, 6.45) is 0. The van der Waals surface area contributed by atoms with E-state index in [1.54, 1.807) is 0 Å². The van der Waals surface area contributed by atoms with Gasteiger partial charge in [-0.3, -0.25) is 4.99 Å². The number of hydrogen-bond donors (Lipinski definition) is 1. The van der Waals surface area contributed by atoms with Crippen molar-refractivity contribution in [2.45, 2.75) is 0 Å². The van der Waals surface area contributed by atoms with Crippen molar-refractivity contribution in [2.24, 2.45) is 4.99 Å². The topological polar surface area (TPSA) is 50.4 Å². The van der Waals surface area contributed by atoms with Crippen LogP contribution in [0.25, 0.3) is 11.1 Å². The van der Waals surface area contributed by atoms with Crippen LogP contribution in [0, 0.1) is 0 Å². The molecule has 0 unspecified atom stereocenters. The van der Waals surface area contributed by atoms with Gasteiger partial charge in [0.1, 0.15) is 5.52 Å². The van der Waals surface area contributed by atoms with Crippen LogP contribution in [0.2, 0.25) is 0 Å². The first-order chi connectivity index (χ1) is 6.93. The normalized spacial score (nSPS) is 15.6. The molecule has 0 spiro atoms. The van der Waals surface area contributed by atoms with Crippen molar-refractivity contribution in [3.63, 3.8) is 0 Å². The van der Waals surface area contributed by atoms with E-state index in [1.807, 2.05) is 24.3 Å². The van der Waals surface area contributed by atoms with E-state index in [2.05, 4.69) is 15.3 Å². The minimum atomic E-state index is 0.587. The van der Waals surface area contributed by atoms with Crippen LogP contribution in [0.15, 0.2) is 33.7 Å². The fraction of sp³-hybridized carbons (Fsp3) is 0.200. The molecule has 0 amide bonds. The number of benzene rings is 1. The number of fused-ring (bicyclic) bond motifs is 1. The number of rotatable bonds is 1. The number of para-hydroxylation sites is 2. The Morgan fingerprint density at radius 1 is 1.29 bits per heavy atom. The van der Waals surface area contributed by atoms with Crippen molar-refractivity contribution in [2.75, 3.05) is 13.1 Å². The van der Waals surface area contributed by atoms with Gasteiger partial charge in [0.15, 0.2) is 11.4 Å². The van der Waals surface area contributed by atoms with Gasteiger partial charge in [0.05, 0.1) is 6.54 Å². The average molecular weight is 187 g/mol. The third kappa shape index (κ3) is 1.08. The van der Waals surface area contributed by atoms with Crippen LogP contribution in [-0.4, -0.2) is 23.9 Å². The van der Waals surface area contributed by atoms with E-state index in [0.29, 0.717) is 5.89 Å². The molecule has 0 aliphatic carbocycles. The second kappa shape index (κ2) is 2.83. The van der Waals surface area contributed by atoms with E-state index in [0.717, 1.165) is 30.0 Å². The molecular weight excluding hydrogens is 178 g/mol. The Hall–Kier alpha value is -1.84. The van der Waals surface area contributed by atoms with Crippen LogP contribution < -0.4 is 5.32 Å². The molecule has 0 fully saturated rings. The third-order valence-electron chi connectivity index (χ3n) is 2.17. The van der Waals surface area contributed by atoms with Crippen LogP contribution in [-0.2, 0) is 0 Å². The standard InChI is InChI=1S/C10H9N3O/c1-2-4-8-7(3-1)13-10(14-8)9-11-5-6-12-9/h1-4H,5-6H2,(H,11,12). The largest absolute Gasteiger partial charge is 0.434 e. The van der Waals surface area contributed by atoms with Gasteiger partial charge in [-0.2, -0.15) is 0 Å². The van der Waals surface area contributed by atoms with Gasteiger partial charge in [-0.15, -0.1) is 0 Å². The zero-order chi connectivity index (χ0) is 9.38. The molecule has 1 aliphatic heterocycles. The number of nitrogens with one attached hydrogen (secondary N) is 1. The molecule has 0 radical (unpaired) electrons. The van der Waals surface area contributed by atoms with Gasteiger partial charge in [0.25, 0.3) is 5.89 Å². The maximum Gasteiger partial charge on any atom is 0.263 e. The summed E-state index contributed by atoms with van der Waals surface area (Å²) < 4.78 is 5.55. The first-order valence-corrected chi connectivity index (χ1v) is 4.58. The Morgan fingerprint density at radius 3 is 3.00 bits per heavy atom. The Bertz CT molecular complexity index is 468. The lowest BCUT2D eigenvalue weighted by atomic mass is 10.3. The van der Waals surface area contributed by atoms with Crippen molar-refractivity contribution in [3.05, 3.63) is 30.2 Å². The molecule has 0 atom stereocenters. The molecule has 0 saturated heterocycles. The summed E-state index contributed by atoms with van der Waals surface area (Å²) >= 11 is 0. The second-order valence-corrected chi connectivity index (χ2v) is 3.14. The Kier molecular flexibility index (Phi) is 1.53. The number of oxazole rings is 1. The number of amidine groups is 1. The van der Waals surface area contributed by atoms with E-state index >= 15 is 0 Å². The first kappa shape index (κ1) is 7.55. The summed E-state index contributed by atoms with van der Waals surface area (Å²) in [7, 11) is 0. The molecule has 2 heterocycles. The first-order valence-electron chi connectivity index (χ1n) is 4.58. The summed E-state index contributed by atoms with van der Waals surface area (Å²) in [5, 5.41) is 3.13. The molecular formula is C10H9N3O. The summed E-state index contributed by atoms with van der Waals surface area (Å²) in [4.78, 5) is 8.59. The fourth-order valence-corrected chi connectivity index (χ4v) is 1.51. The highest BCUT2D eigenvalue weighted by atomic mass is 16.3. The van der Waals surface area contributed by atoms with E-state index < -0.39 is 0 Å². The minimum absolute atomic E-state index is 0.587. The van der Waals surface area contributed by atoms with Crippen LogP contribution in [0.1, 0.15) is 5.89 Å². The summed E-state index contributed by atoms with van der Waals surface area (Å²) in [6, 6.07) is 7.71. The van der Waals surface area contributed by atoms with Gasteiger partial charge in [0, 0.05) is 6.54 Å². The molecule has 4 nitrogen and oxygen atoms in total. The van der Waals surface area contributed by atoms with E-state index in [9.17, 15) is 0 Å². The van der Waals surface area contributed by atoms with E-state index in [-0.39, 0.29) is 0 Å². The molecule has 14 heavy (non-hydrogen) atoms. The predicted molar refractivity (Wildman–Crippen MR) is 53.4 cm³/mol. The highest BCUT2D eigenvalue weighted by Gasteiger charge is 2.14. The summed E-state index contributed by atoms with van der Waals surface area (Å²) in [6.45, 7) is 1.67. The quantitative estimate of drug-likeness (QED) is 0.729. The average Bonchev–Trinajstić information content (AvgIpc) is 2.86. The summed E-state index contributed by atoms with van der Waals surface area (Å²) in [5.41, 5.74) is 1.68. The zero-order valence-corrected chi connectivity index (χ0v) is 7.53. The molecule has 1 N–H and O–H groups in total. The highest BCUT2D eigenvalue weighted by Crippen LogP contribution is 2.15. The van der Waals surface area contributed by atoms with Crippen molar-refractivity contribution >= 4 is 16.9 Å². The molecule has 0 bridgehead atoms. The van der Waals surface area contributed by atoms with Crippen LogP contribution >= 0.6 is 0 Å². The van der Waals surface area contributed by atoms with Crippen molar-refractivity contribution in [1.82, 2.24) is 10.3 Å². The number of aromatic nitrogens is 1. The number of nitrogens with zero attached hydrogens (tertiary/aromatic N) is 2. The number of aliphatic imine (C=N–C) groups is 1. The molecule has 2 aromatic rings. The maximum absolute atomic E-state index is 5.55. The summed E-state index contributed by atoms with van der Waals surface area (Å²) in [5.74, 6) is 1.35. The van der Waals surface area contributed by atoms with E-state index in [1.165, 1.54) is 0 Å². The monoisotopic (exact) mass is 187 g/mol. The lowest BCUT2D eigenvalue weighted by Gasteiger charge is -1.92. The third-order valence-corrected chi connectivity index (χ3v) is 2.17. The second-order valence-electron chi connectivity index (χ2n) is 3.14.